The topological polar surface area (TPSA) is 118 Å². The van der Waals surface area contributed by atoms with Crippen LogP contribution in [0.5, 0.6) is 0 Å². The average molecular weight is 623 g/mol. The van der Waals surface area contributed by atoms with Crippen LogP contribution in [0, 0.1) is 3.57 Å². The lowest BCUT2D eigenvalue weighted by Crippen LogP contribution is -2.36. The van der Waals surface area contributed by atoms with E-state index in [9.17, 15) is 12.9 Å². The number of halogens is 1. The zero-order valence-electron chi connectivity index (χ0n) is 22.7. The van der Waals surface area contributed by atoms with Gasteiger partial charge in [0, 0.05) is 3.57 Å². The lowest BCUT2D eigenvalue weighted by Gasteiger charge is -2.01. The minimum atomic E-state index is -1.08. The van der Waals surface area contributed by atoms with Crippen molar-refractivity contribution >= 4 is 52.1 Å². The summed E-state index contributed by atoms with van der Waals surface area (Å²) in [4.78, 5) is 10.4. The highest BCUT2D eigenvalue weighted by molar-refractivity contribution is 14.1. The number of primary amides is 1. The molecule has 0 radical (unpaired) electrons. The SMILES string of the molecule is C=CCCCCCCN.CC.CC.CS.NC(=O)C1CCCN1.O=Ic1ccc2c(c1)B(O)CC2. The standard InChI is InChI=1S/C8H8BIO2.C8H17N.C5H10N2O.2C2H6.CH4S/c11-9-4-3-6-1-2-7(10-12)5-8(6)9;1-2-3-4-5-6-7-8-9;6-5(8)4-2-1-3-7-4;3*1-2/h1-2,5,11H,3-4H2;2H,1,3-9H2;4,7H,1-3H2,(H2,6,8);2*1-2H3;2H,1H3. The fourth-order valence-corrected chi connectivity index (χ4v) is 4.10. The molecule has 9 heteroatoms. The molecule has 6 N–H and O–H groups in total. The molecule has 2 heterocycles. The van der Waals surface area contributed by atoms with Crippen molar-refractivity contribution in [1.29, 1.82) is 0 Å². The number of thiol groups is 1. The van der Waals surface area contributed by atoms with Crippen molar-refractivity contribution in [1.82, 2.24) is 5.32 Å². The van der Waals surface area contributed by atoms with Crippen LogP contribution in [-0.4, -0.2) is 43.2 Å². The second-order valence-corrected chi connectivity index (χ2v) is 8.99. The lowest BCUT2D eigenvalue weighted by molar-refractivity contribution is -0.119. The Morgan fingerprint density at radius 2 is 1.86 bits per heavy atom. The van der Waals surface area contributed by atoms with E-state index >= 15 is 0 Å². The van der Waals surface area contributed by atoms with Gasteiger partial charge in [-0.05, 0) is 81.8 Å². The second-order valence-electron chi connectivity index (χ2n) is 7.31. The normalized spacial score (nSPS) is 14.5. The smallest absolute Gasteiger partial charge is 0.324 e. The fraction of sp³-hybridized carbons (Fsp3) is 0.654. The number of carbonyl (C=O) groups excluding carboxylic acids is 1. The first-order chi connectivity index (χ1) is 17.0. The van der Waals surface area contributed by atoms with Gasteiger partial charge in [-0.1, -0.05) is 58.2 Å². The van der Waals surface area contributed by atoms with E-state index in [0.29, 0.717) is 0 Å². The van der Waals surface area contributed by atoms with Crippen LogP contribution in [0.3, 0.4) is 0 Å². The Kier molecular flexibility index (Phi) is 32.7. The number of hydrogen-bond acceptors (Lipinski definition) is 6. The van der Waals surface area contributed by atoms with Crippen molar-refractivity contribution in [2.24, 2.45) is 11.5 Å². The molecule has 3 rings (SSSR count). The third-order valence-corrected chi connectivity index (χ3v) is 6.19. The van der Waals surface area contributed by atoms with Crippen LogP contribution in [0.25, 0.3) is 0 Å². The summed E-state index contributed by atoms with van der Waals surface area (Å²) in [5.74, 6) is -0.220. The second kappa shape index (κ2) is 29.5. The predicted octanol–water partition coefficient (Wildman–Crippen LogP) is 4.82. The van der Waals surface area contributed by atoms with Crippen LogP contribution in [0.15, 0.2) is 30.9 Å². The quantitative estimate of drug-likeness (QED) is 0.0936. The summed E-state index contributed by atoms with van der Waals surface area (Å²) in [6, 6.07) is 5.72. The van der Waals surface area contributed by atoms with Crippen LogP contribution < -0.4 is 22.2 Å². The Balaban J connectivity index is -0.000000403. The van der Waals surface area contributed by atoms with Crippen LogP contribution in [0.1, 0.15) is 78.2 Å². The summed E-state index contributed by atoms with van der Waals surface area (Å²) in [6.07, 6.45) is 13.6. The van der Waals surface area contributed by atoms with E-state index in [1.54, 1.807) is 6.26 Å². The Morgan fingerprint density at radius 3 is 2.31 bits per heavy atom. The molecule has 1 unspecified atom stereocenters. The predicted molar refractivity (Wildman–Crippen MR) is 166 cm³/mol. The van der Waals surface area contributed by atoms with Crippen LogP contribution in [0.2, 0.25) is 6.32 Å². The van der Waals surface area contributed by atoms with Gasteiger partial charge in [-0.2, -0.15) is 12.6 Å². The average Bonchev–Trinajstić information content (AvgIpc) is 3.59. The Labute approximate surface area is 231 Å². The van der Waals surface area contributed by atoms with E-state index in [4.69, 9.17) is 11.5 Å². The Hall–Kier alpha value is -0.745. The van der Waals surface area contributed by atoms with E-state index in [1.165, 1.54) is 31.2 Å². The minimum Gasteiger partial charge on any atom is -0.446 e. The largest absolute Gasteiger partial charge is 0.446 e. The van der Waals surface area contributed by atoms with Crippen LogP contribution >= 0.6 is 33.8 Å². The molecule has 2 aliphatic heterocycles. The number of aryl methyl sites for hydroxylation is 1. The number of nitrogens with one attached hydrogen (secondary N) is 1. The van der Waals surface area contributed by atoms with Crippen molar-refractivity contribution < 1.29 is 12.9 Å². The number of allylic oxidation sites excluding steroid dienone is 1. The van der Waals surface area contributed by atoms with Gasteiger partial charge in [-0.15, -0.1) is 6.58 Å². The molecular weight excluding hydrogens is 572 g/mol. The number of unbranched alkanes of at least 4 members (excludes halogenated alkanes) is 4. The fourth-order valence-electron chi connectivity index (χ4n) is 3.31. The van der Waals surface area contributed by atoms with Gasteiger partial charge in [0.1, 0.15) is 0 Å². The molecule has 1 atom stereocenters. The van der Waals surface area contributed by atoms with Crippen molar-refractivity contribution in [2.75, 3.05) is 19.3 Å². The van der Waals surface area contributed by atoms with Gasteiger partial charge in [-0.25, -0.2) is 0 Å². The highest BCUT2D eigenvalue weighted by atomic mass is 127. The summed E-state index contributed by atoms with van der Waals surface area (Å²) >= 11 is 2.45. The minimum absolute atomic E-state index is 0.0463. The third kappa shape index (κ3) is 20.0. The molecule has 204 valence electrons. The van der Waals surface area contributed by atoms with Crippen molar-refractivity contribution in [3.63, 3.8) is 0 Å². The first-order valence-electron chi connectivity index (χ1n) is 12.9. The van der Waals surface area contributed by atoms with Gasteiger partial charge in [0.2, 0.25) is 5.91 Å². The summed E-state index contributed by atoms with van der Waals surface area (Å²) in [5.41, 5.74) is 12.5. The molecule has 0 saturated carbocycles. The van der Waals surface area contributed by atoms with Gasteiger partial charge in [0.15, 0.2) is 21.2 Å². The highest BCUT2D eigenvalue weighted by Crippen LogP contribution is 2.16. The van der Waals surface area contributed by atoms with Gasteiger partial charge in [0.05, 0.1) is 6.04 Å². The summed E-state index contributed by atoms with van der Waals surface area (Å²) in [7, 11) is 0. The Morgan fingerprint density at radius 1 is 1.23 bits per heavy atom. The van der Waals surface area contributed by atoms with E-state index in [-0.39, 0.29) is 18.9 Å². The molecule has 1 saturated heterocycles. The van der Waals surface area contributed by atoms with Gasteiger partial charge in [-0.3, -0.25) is 7.86 Å². The van der Waals surface area contributed by atoms with E-state index in [0.717, 1.165) is 54.1 Å². The van der Waals surface area contributed by atoms with Crippen molar-refractivity contribution in [3.8, 4) is 0 Å². The van der Waals surface area contributed by atoms with E-state index < -0.39 is 21.2 Å². The van der Waals surface area contributed by atoms with E-state index in [2.05, 4.69) is 24.5 Å². The van der Waals surface area contributed by atoms with Crippen LogP contribution in [0.4, 0.5) is 0 Å². The number of rotatable bonds is 8. The molecular formula is C26H51BIN3O3S. The molecule has 1 fully saturated rings. The van der Waals surface area contributed by atoms with Crippen molar-refractivity contribution in [2.45, 2.75) is 91.4 Å². The highest BCUT2D eigenvalue weighted by Gasteiger charge is 2.24. The maximum atomic E-state index is 10.7. The Bertz CT molecular complexity index is 648. The molecule has 2 aliphatic rings. The zero-order valence-corrected chi connectivity index (χ0v) is 25.7. The molecule has 0 aliphatic carbocycles. The number of hydrogen-bond donors (Lipinski definition) is 5. The van der Waals surface area contributed by atoms with Crippen molar-refractivity contribution in [3.05, 3.63) is 40.0 Å². The number of fused-ring (bicyclic) bond motifs is 1. The molecule has 0 spiro atoms. The number of benzene rings is 1. The number of amides is 1. The first-order valence-corrected chi connectivity index (χ1v) is 15.7. The monoisotopic (exact) mass is 623 g/mol. The van der Waals surface area contributed by atoms with Gasteiger partial charge in [0.25, 0.3) is 0 Å². The maximum Gasteiger partial charge on any atom is 0.324 e. The summed E-state index contributed by atoms with van der Waals surface area (Å²) < 4.78 is 11.5. The van der Waals surface area contributed by atoms with E-state index in [1.807, 2.05) is 52.0 Å². The molecule has 35 heavy (non-hydrogen) atoms. The van der Waals surface area contributed by atoms with Crippen LogP contribution in [-0.2, 0) is 14.3 Å². The number of carbonyl (C=O) groups is 1. The first kappa shape index (κ1) is 38.8. The lowest BCUT2D eigenvalue weighted by atomic mass is 9.63. The maximum absolute atomic E-state index is 10.7. The molecule has 0 aromatic heterocycles. The van der Waals surface area contributed by atoms with Gasteiger partial charge >= 0.3 is 6.92 Å². The molecule has 1 amide bonds. The molecule has 6 nitrogen and oxygen atoms in total. The number of nitrogens with two attached hydrogens (primary N) is 2. The zero-order chi connectivity index (χ0) is 27.5. The molecule has 1 aromatic carbocycles. The van der Waals surface area contributed by atoms with Gasteiger partial charge < -0.3 is 21.8 Å². The summed E-state index contributed by atoms with van der Waals surface area (Å²) in [5, 5.41) is 12.5. The summed E-state index contributed by atoms with van der Waals surface area (Å²) in [6.45, 7) is 13.1. The molecule has 1 aromatic rings. The molecule has 0 bridgehead atoms. The third-order valence-electron chi connectivity index (χ3n) is 5.01.